The topological polar surface area (TPSA) is 84.4 Å². The van der Waals surface area contributed by atoms with Gasteiger partial charge in [-0.25, -0.2) is 0 Å². The molecule has 0 spiro atoms. The van der Waals surface area contributed by atoms with Crippen LogP contribution >= 0.6 is 12.2 Å². The van der Waals surface area contributed by atoms with Crippen LogP contribution in [0.3, 0.4) is 0 Å². The molecule has 1 saturated heterocycles. The normalized spacial score (nSPS) is 18.9. The number of pyridine rings is 1. The molecule has 1 aliphatic heterocycles. The number of hydrogen-bond acceptors (Lipinski definition) is 5. The Kier molecular flexibility index (Phi) is 5.02. The smallest absolute Gasteiger partial charge is 0.280 e. The lowest BCUT2D eigenvalue weighted by atomic mass is 10.0. The van der Waals surface area contributed by atoms with Gasteiger partial charge in [0.1, 0.15) is 17.6 Å². The van der Waals surface area contributed by atoms with Crippen molar-refractivity contribution in [3.05, 3.63) is 82.4 Å². The quantitative estimate of drug-likeness (QED) is 0.374. The number of furan rings is 1. The van der Waals surface area contributed by atoms with E-state index in [0.29, 0.717) is 22.2 Å². The summed E-state index contributed by atoms with van der Waals surface area (Å²) in [7, 11) is 0. The van der Waals surface area contributed by atoms with Gasteiger partial charge in [-0.3, -0.25) is 15.1 Å². The van der Waals surface area contributed by atoms with Gasteiger partial charge in [-0.15, -0.1) is 0 Å². The maximum Gasteiger partial charge on any atom is 0.280 e. The zero-order chi connectivity index (χ0) is 20.5. The summed E-state index contributed by atoms with van der Waals surface area (Å²) in [6.45, 7) is 4.13. The third kappa shape index (κ3) is 3.47. The van der Waals surface area contributed by atoms with Gasteiger partial charge in [0.2, 0.25) is 0 Å². The van der Waals surface area contributed by atoms with Crippen molar-refractivity contribution in [2.75, 3.05) is 0 Å². The molecule has 1 fully saturated rings. The number of hydrogen-bond donors (Lipinski definition) is 1. The van der Waals surface area contributed by atoms with Crippen molar-refractivity contribution >= 4 is 23.0 Å². The molecule has 2 atom stereocenters. The van der Waals surface area contributed by atoms with E-state index in [9.17, 15) is 10.1 Å². The summed E-state index contributed by atoms with van der Waals surface area (Å²) in [5.74, 6) is 1.13. The van der Waals surface area contributed by atoms with Crippen molar-refractivity contribution in [3.63, 3.8) is 0 Å². The largest absolute Gasteiger partial charge is 0.459 e. The number of nitrogens with zero attached hydrogens (tertiary/aromatic N) is 3. The molecule has 0 saturated carbocycles. The van der Waals surface area contributed by atoms with Crippen molar-refractivity contribution in [2.45, 2.75) is 32.0 Å². The number of thiocarbonyl (C=S) groups is 1. The van der Waals surface area contributed by atoms with Gasteiger partial charge in [0.05, 0.1) is 22.2 Å². The summed E-state index contributed by atoms with van der Waals surface area (Å²) in [5, 5.41) is 15.4. The van der Waals surface area contributed by atoms with E-state index in [1.165, 1.54) is 6.07 Å². The van der Waals surface area contributed by atoms with Crippen LogP contribution in [0.5, 0.6) is 0 Å². The molecule has 0 unspecified atom stereocenters. The van der Waals surface area contributed by atoms with Crippen LogP contribution in [0.1, 0.15) is 37.4 Å². The highest BCUT2D eigenvalue weighted by molar-refractivity contribution is 7.80. The fourth-order valence-electron chi connectivity index (χ4n) is 3.72. The Morgan fingerprint density at radius 2 is 1.93 bits per heavy atom. The predicted octanol–water partition coefficient (Wildman–Crippen LogP) is 4.63. The standard InChI is InChI=1S/C21H20N4O3S/c1-13(2)24-20(19(23-21(24)29)15-8-5-6-12-22-15)18-11-10-17(28-18)14-7-3-4-9-16(14)25(26)27/h3-13,19-20H,1-2H3,(H,23,29)/t19-,20+/m1/s1. The van der Waals surface area contributed by atoms with E-state index in [-0.39, 0.29) is 23.8 Å². The molecule has 1 aliphatic rings. The second-order valence-electron chi connectivity index (χ2n) is 7.10. The lowest BCUT2D eigenvalue weighted by molar-refractivity contribution is -0.384. The first-order chi connectivity index (χ1) is 14.0. The van der Waals surface area contributed by atoms with Crippen LogP contribution in [-0.2, 0) is 0 Å². The first-order valence-corrected chi connectivity index (χ1v) is 9.71. The zero-order valence-electron chi connectivity index (χ0n) is 16.0. The highest BCUT2D eigenvalue weighted by atomic mass is 32.1. The molecule has 4 rings (SSSR count). The number of rotatable bonds is 5. The van der Waals surface area contributed by atoms with E-state index in [2.05, 4.69) is 29.0 Å². The number of nitrogens with one attached hydrogen (secondary N) is 1. The van der Waals surface area contributed by atoms with Crippen LogP contribution in [0.25, 0.3) is 11.3 Å². The van der Waals surface area contributed by atoms with Crippen molar-refractivity contribution in [1.29, 1.82) is 0 Å². The number of benzene rings is 1. The van der Waals surface area contributed by atoms with E-state index in [1.807, 2.05) is 24.3 Å². The Labute approximate surface area is 173 Å². The average molecular weight is 408 g/mol. The minimum atomic E-state index is -0.402. The zero-order valence-corrected chi connectivity index (χ0v) is 16.8. The van der Waals surface area contributed by atoms with Crippen molar-refractivity contribution in [3.8, 4) is 11.3 Å². The Bertz CT molecular complexity index is 1050. The molecule has 3 heterocycles. The third-order valence-electron chi connectivity index (χ3n) is 4.98. The highest BCUT2D eigenvalue weighted by Crippen LogP contribution is 2.42. The molecule has 7 nitrogen and oxygen atoms in total. The first-order valence-electron chi connectivity index (χ1n) is 9.30. The number of nitro groups is 1. The van der Waals surface area contributed by atoms with E-state index in [1.54, 1.807) is 30.5 Å². The summed E-state index contributed by atoms with van der Waals surface area (Å²) in [6.07, 6.45) is 1.75. The summed E-state index contributed by atoms with van der Waals surface area (Å²) in [4.78, 5) is 17.6. The molecular weight excluding hydrogens is 388 g/mol. The molecule has 0 amide bonds. The Morgan fingerprint density at radius 1 is 1.17 bits per heavy atom. The highest BCUT2D eigenvalue weighted by Gasteiger charge is 2.42. The number of aromatic nitrogens is 1. The fourth-order valence-corrected chi connectivity index (χ4v) is 4.18. The van der Waals surface area contributed by atoms with Crippen molar-refractivity contribution in [1.82, 2.24) is 15.2 Å². The average Bonchev–Trinajstić information content (AvgIpc) is 3.33. The minimum Gasteiger partial charge on any atom is -0.459 e. The molecule has 0 radical (unpaired) electrons. The van der Waals surface area contributed by atoms with E-state index < -0.39 is 4.92 Å². The van der Waals surface area contributed by atoms with Crippen LogP contribution in [-0.4, -0.2) is 26.0 Å². The van der Waals surface area contributed by atoms with E-state index in [0.717, 1.165) is 5.69 Å². The van der Waals surface area contributed by atoms with Gasteiger partial charge in [0.25, 0.3) is 5.69 Å². The predicted molar refractivity (Wildman–Crippen MR) is 113 cm³/mol. The molecular formula is C21H20N4O3S. The van der Waals surface area contributed by atoms with Gasteiger partial charge in [-0.2, -0.15) is 0 Å². The van der Waals surface area contributed by atoms with Gasteiger partial charge in [0.15, 0.2) is 5.11 Å². The lowest BCUT2D eigenvalue weighted by Gasteiger charge is -2.29. The first kappa shape index (κ1) is 19.1. The van der Waals surface area contributed by atoms with Crippen LogP contribution in [0.2, 0.25) is 0 Å². The van der Waals surface area contributed by atoms with Gasteiger partial charge >= 0.3 is 0 Å². The molecule has 3 aromatic rings. The number of para-hydroxylation sites is 1. The Hall–Kier alpha value is -3.26. The maximum absolute atomic E-state index is 11.4. The lowest BCUT2D eigenvalue weighted by Crippen LogP contribution is -2.35. The molecule has 0 aliphatic carbocycles. The molecule has 2 aromatic heterocycles. The van der Waals surface area contributed by atoms with Crippen molar-refractivity contribution < 1.29 is 9.34 Å². The van der Waals surface area contributed by atoms with E-state index in [4.69, 9.17) is 16.6 Å². The second-order valence-corrected chi connectivity index (χ2v) is 7.49. The molecule has 0 bridgehead atoms. The van der Waals surface area contributed by atoms with Gasteiger partial charge < -0.3 is 14.6 Å². The Morgan fingerprint density at radius 3 is 2.62 bits per heavy atom. The summed E-state index contributed by atoms with van der Waals surface area (Å²) >= 11 is 5.58. The van der Waals surface area contributed by atoms with Crippen LogP contribution < -0.4 is 5.32 Å². The maximum atomic E-state index is 11.4. The van der Waals surface area contributed by atoms with E-state index >= 15 is 0 Å². The molecule has 8 heteroatoms. The van der Waals surface area contributed by atoms with Gasteiger partial charge in [0, 0.05) is 18.3 Å². The monoisotopic (exact) mass is 408 g/mol. The van der Waals surface area contributed by atoms with Crippen LogP contribution in [0, 0.1) is 10.1 Å². The third-order valence-corrected chi connectivity index (χ3v) is 5.30. The molecule has 1 aromatic carbocycles. The van der Waals surface area contributed by atoms with Crippen LogP contribution in [0.15, 0.2) is 65.2 Å². The summed E-state index contributed by atoms with van der Waals surface area (Å²) in [5.41, 5.74) is 1.31. The fraction of sp³-hybridized carbons (Fsp3) is 0.238. The molecule has 29 heavy (non-hydrogen) atoms. The summed E-state index contributed by atoms with van der Waals surface area (Å²) in [6, 6.07) is 15.7. The Balaban J connectivity index is 1.78. The van der Waals surface area contributed by atoms with Crippen LogP contribution in [0.4, 0.5) is 5.69 Å². The van der Waals surface area contributed by atoms with Gasteiger partial charge in [-0.1, -0.05) is 18.2 Å². The SMILES string of the molecule is CC(C)N1C(=S)N[C@H](c2ccccn2)[C@@H]1c1ccc(-c2ccccc2[N+](=O)[O-])o1. The minimum absolute atomic E-state index is 0.00968. The number of nitro benzene ring substituents is 1. The second kappa shape index (κ2) is 7.63. The summed E-state index contributed by atoms with van der Waals surface area (Å²) < 4.78 is 6.15. The molecule has 1 N–H and O–H groups in total. The van der Waals surface area contributed by atoms with Gasteiger partial charge in [-0.05, 0) is 56.4 Å². The molecule has 148 valence electrons. The van der Waals surface area contributed by atoms with Crippen molar-refractivity contribution in [2.24, 2.45) is 0 Å².